The number of carbonyl (C=O) groups excluding carboxylic acids is 6. The van der Waals surface area contributed by atoms with Gasteiger partial charge < -0.3 is 51.2 Å². The number of carboxylic acids is 1. The first-order chi connectivity index (χ1) is 22.4. The Kier molecular flexibility index (Phi) is 16.4. The van der Waals surface area contributed by atoms with Crippen LogP contribution in [-0.4, -0.2) is 119 Å². The van der Waals surface area contributed by atoms with Gasteiger partial charge in [-0.05, 0) is 88.0 Å². The van der Waals surface area contributed by atoms with E-state index in [1.165, 1.54) is 0 Å². The van der Waals surface area contributed by atoms with Crippen molar-refractivity contribution in [3.8, 4) is 0 Å². The van der Waals surface area contributed by atoms with Crippen LogP contribution in [0.15, 0.2) is 0 Å². The first-order valence-electron chi connectivity index (χ1n) is 16.4. The Bertz CT molecular complexity index is 1190. The van der Waals surface area contributed by atoms with Crippen molar-refractivity contribution in [3.05, 3.63) is 0 Å². The van der Waals surface area contributed by atoms with E-state index in [1.54, 1.807) is 62.3 Å². The minimum atomic E-state index is -1.54. The maximum atomic E-state index is 13.5. The van der Waals surface area contributed by atoms with E-state index >= 15 is 0 Å². The van der Waals surface area contributed by atoms with E-state index in [9.17, 15) is 38.7 Å². The summed E-state index contributed by atoms with van der Waals surface area (Å²) < 4.78 is 16.2. The molecule has 1 fully saturated rings. The van der Waals surface area contributed by atoms with Gasteiger partial charge in [0.15, 0.2) is 0 Å². The molecule has 5 amide bonds. The highest BCUT2D eigenvalue weighted by atomic mass is 16.6. The molecule has 0 spiro atoms. The molecule has 1 aliphatic heterocycles. The van der Waals surface area contributed by atoms with Gasteiger partial charge in [0.25, 0.3) is 0 Å². The molecule has 0 unspecified atom stereocenters. The molecule has 1 aliphatic rings. The van der Waals surface area contributed by atoms with Crippen LogP contribution in [-0.2, 0) is 43.0 Å². The SMILES string of the molecule is CC(C)(C)OC[C@H](NC(=O)[C@H](CC(=O)OC(C)(C)C)NC(=O)CNC(=O)[C@@H](N)CCCNC(=O)OC(C)(C)C)C(=O)N1CCC[C@H]1C(=O)O. The van der Waals surface area contributed by atoms with Gasteiger partial charge in [-0.25, -0.2) is 9.59 Å². The van der Waals surface area contributed by atoms with Crippen LogP contribution in [0.2, 0.25) is 0 Å². The molecule has 0 radical (unpaired) electrons. The minimum absolute atomic E-state index is 0.165. The van der Waals surface area contributed by atoms with Gasteiger partial charge in [0.2, 0.25) is 23.6 Å². The number of carboxylic acid groups (broad SMARTS) is 1. The summed E-state index contributed by atoms with van der Waals surface area (Å²) in [5.41, 5.74) is 3.63. The Labute approximate surface area is 288 Å². The third-order valence-corrected chi connectivity index (χ3v) is 6.68. The number of amides is 5. The molecule has 0 aliphatic carbocycles. The Balaban J connectivity index is 2.96. The van der Waals surface area contributed by atoms with Gasteiger partial charge in [-0.15, -0.1) is 0 Å². The molecule has 0 aromatic heterocycles. The second kappa shape index (κ2) is 18.7. The largest absolute Gasteiger partial charge is 0.480 e. The highest BCUT2D eigenvalue weighted by Crippen LogP contribution is 2.20. The van der Waals surface area contributed by atoms with Crippen LogP contribution in [0.4, 0.5) is 4.79 Å². The van der Waals surface area contributed by atoms with Crippen LogP contribution >= 0.6 is 0 Å². The summed E-state index contributed by atoms with van der Waals surface area (Å²) in [5.74, 6) is -5.12. The number of nitrogens with zero attached hydrogens (tertiary/aromatic N) is 1. The summed E-state index contributed by atoms with van der Waals surface area (Å²) in [6, 6.07) is -4.96. The summed E-state index contributed by atoms with van der Waals surface area (Å²) in [4.78, 5) is 89.8. The van der Waals surface area contributed by atoms with Crippen LogP contribution in [0.25, 0.3) is 0 Å². The fraction of sp³-hybridized carbons (Fsp3) is 0.781. The van der Waals surface area contributed by atoms with Crippen molar-refractivity contribution in [1.82, 2.24) is 26.2 Å². The van der Waals surface area contributed by atoms with Gasteiger partial charge in [-0.1, -0.05) is 0 Å². The molecule has 17 heteroatoms. The van der Waals surface area contributed by atoms with Crippen molar-refractivity contribution in [2.75, 3.05) is 26.2 Å². The van der Waals surface area contributed by atoms with Crippen molar-refractivity contribution in [3.63, 3.8) is 0 Å². The molecule has 0 aromatic rings. The fourth-order valence-electron chi connectivity index (χ4n) is 4.53. The fourth-order valence-corrected chi connectivity index (χ4v) is 4.53. The molecule has 0 aromatic carbocycles. The van der Waals surface area contributed by atoms with E-state index in [2.05, 4.69) is 21.3 Å². The zero-order valence-electron chi connectivity index (χ0n) is 30.2. The number of likely N-dealkylation sites (tertiary alicyclic amines) is 1. The summed E-state index contributed by atoms with van der Waals surface area (Å²) in [7, 11) is 0. The van der Waals surface area contributed by atoms with Crippen LogP contribution in [0.3, 0.4) is 0 Å². The number of esters is 1. The molecule has 17 nitrogen and oxygen atoms in total. The molecule has 1 heterocycles. The predicted molar refractivity (Wildman–Crippen MR) is 177 cm³/mol. The van der Waals surface area contributed by atoms with Gasteiger partial charge in [-0.3, -0.25) is 24.0 Å². The van der Waals surface area contributed by atoms with E-state index in [4.69, 9.17) is 19.9 Å². The lowest BCUT2D eigenvalue weighted by molar-refractivity contribution is -0.157. The average Bonchev–Trinajstić information content (AvgIpc) is 3.43. The number of rotatable bonds is 16. The standard InChI is InChI=1S/C32H56N6O11/c1-30(2,3)47-18-21(27(43)38-15-11-13-22(38)28(44)45)37-26(42)20(16-24(40)48-31(4,5)6)36-23(39)17-35-25(41)19(33)12-10-14-34-29(46)49-32(7,8)9/h19-22H,10-18,33H2,1-9H3,(H,34,46)(H,35,41)(H,36,39)(H,37,42)(H,44,45)/t19-,20-,21-,22-/m0/s1. The highest BCUT2D eigenvalue weighted by molar-refractivity contribution is 5.96. The molecule has 1 rings (SSSR count). The minimum Gasteiger partial charge on any atom is -0.480 e. The maximum Gasteiger partial charge on any atom is 0.407 e. The Morgan fingerprint density at radius 2 is 1.45 bits per heavy atom. The van der Waals surface area contributed by atoms with Gasteiger partial charge in [0.1, 0.15) is 29.3 Å². The molecule has 0 saturated carbocycles. The van der Waals surface area contributed by atoms with Crippen molar-refractivity contribution >= 4 is 41.7 Å². The molecular formula is C32H56N6O11. The van der Waals surface area contributed by atoms with E-state index in [0.717, 1.165) is 4.90 Å². The lowest BCUT2D eigenvalue weighted by Gasteiger charge is -2.30. The summed E-state index contributed by atoms with van der Waals surface area (Å²) in [5, 5.41) is 19.4. The van der Waals surface area contributed by atoms with Crippen molar-refractivity contribution in [1.29, 1.82) is 0 Å². The van der Waals surface area contributed by atoms with Crippen molar-refractivity contribution in [2.45, 2.75) is 135 Å². The number of hydrogen-bond acceptors (Lipinski definition) is 11. The van der Waals surface area contributed by atoms with Crippen molar-refractivity contribution in [2.24, 2.45) is 5.73 Å². The van der Waals surface area contributed by atoms with Gasteiger partial charge in [0.05, 0.1) is 31.2 Å². The lowest BCUT2D eigenvalue weighted by Crippen LogP contribution is -2.58. The summed E-state index contributed by atoms with van der Waals surface area (Å²) >= 11 is 0. The second-order valence-corrected chi connectivity index (χ2v) is 14.8. The number of nitrogens with two attached hydrogens (primary N) is 1. The Morgan fingerprint density at radius 1 is 0.837 bits per heavy atom. The van der Waals surface area contributed by atoms with E-state index < -0.39 is 95.6 Å². The summed E-state index contributed by atoms with van der Waals surface area (Å²) in [6.07, 6.45) is 0.0112. The van der Waals surface area contributed by atoms with Gasteiger partial charge in [0, 0.05) is 13.1 Å². The first kappa shape index (κ1) is 43.0. The van der Waals surface area contributed by atoms with Gasteiger partial charge in [-0.2, -0.15) is 0 Å². The Morgan fingerprint density at radius 3 is 2.00 bits per heavy atom. The topological polar surface area (TPSA) is 245 Å². The number of aliphatic carboxylic acids is 1. The predicted octanol–water partition coefficient (Wildman–Crippen LogP) is 0.327. The first-order valence-corrected chi connectivity index (χ1v) is 16.4. The van der Waals surface area contributed by atoms with E-state index in [-0.39, 0.29) is 32.5 Å². The zero-order valence-corrected chi connectivity index (χ0v) is 30.2. The van der Waals surface area contributed by atoms with E-state index in [1.807, 2.05) is 0 Å². The molecule has 49 heavy (non-hydrogen) atoms. The monoisotopic (exact) mass is 700 g/mol. The van der Waals surface area contributed by atoms with Crippen LogP contribution < -0.4 is 27.0 Å². The summed E-state index contributed by atoms with van der Waals surface area (Å²) in [6.45, 7) is 14.7. The average molecular weight is 701 g/mol. The van der Waals surface area contributed by atoms with E-state index in [0.29, 0.717) is 12.8 Å². The number of ether oxygens (including phenoxy) is 3. The maximum absolute atomic E-state index is 13.5. The normalized spacial score (nSPS) is 16.9. The van der Waals surface area contributed by atoms with Crippen LogP contribution in [0, 0.1) is 0 Å². The molecule has 4 atom stereocenters. The molecule has 1 saturated heterocycles. The van der Waals surface area contributed by atoms with Gasteiger partial charge >= 0.3 is 18.0 Å². The smallest absolute Gasteiger partial charge is 0.407 e. The molecular weight excluding hydrogens is 644 g/mol. The number of carbonyl (C=O) groups is 7. The molecule has 0 bridgehead atoms. The second-order valence-electron chi connectivity index (χ2n) is 14.8. The number of hydrogen-bond donors (Lipinski definition) is 6. The van der Waals surface area contributed by atoms with Crippen LogP contribution in [0.1, 0.15) is 94.4 Å². The molecule has 280 valence electrons. The quantitative estimate of drug-likeness (QED) is 0.0942. The third-order valence-electron chi connectivity index (χ3n) is 6.68. The number of nitrogens with one attached hydrogen (secondary N) is 4. The lowest BCUT2D eigenvalue weighted by atomic mass is 10.1. The van der Waals surface area contributed by atoms with Crippen molar-refractivity contribution < 1.29 is 52.9 Å². The third kappa shape index (κ3) is 17.8. The zero-order chi connectivity index (χ0) is 37.7. The number of alkyl carbamates (subject to hydrolysis) is 1. The Hall–Kier alpha value is -3.99. The molecule has 7 N–H and O–H groups in total. The highest BCUT2D eigenvalue weighted by Gasteiger charge is 2.39. The van der Waals surface area contributed by atoms with Crippen LogP contribution in [0.5, 0.6) is 0 Å².